The van der Waals surface area contributed by atoms with Crippen LogP contribution in [-0.4, -0.2) is 35.0 Å². The maximum atomic E-state index is 6.01. The first-order chi connectivity index (χ1) is 9.14. The van der Waals surface area contributed by atoms with Crippen molar-refractivity contribution < 1.29 is 17.7 Å². The van der Waals surface area contributed by atoms with Gasteiger partial charge in [-0.25, -0.2) is 0 Å². The van der Waals surface area contributed by atoms with Crippen LogP contribution in [0.2, 0.25) is 0 Å². The fraction of sp³-hybridized carbons (Fsp3) is 1.00. The SMILES string of the molecule is CCCCCC[C@@H](C)O[Si](OCC)(OCC)OCC. The van der Waals surface area contributed by atoms with Gasteiger partial charge in [0.2, 0.25) is 0 Å². The Morgan fingerprint density at radius 1 is 0.789 bits per heavy atom. The van der Waals surface area contributed by atoms with Gasteiger partial charge in [-0.2, -0.15) is 0 Å². The van der Waals surface area contributed by atoms with E-state index in [1.165, 1.54) is 25.7 Å². The van der Waals surface area contributed by atoms with E-state index in [0.29, 0.717) is 19.8 Å². The Balaban J connectivity index is 4.26. The van der Waals surface area contributed by atoms with Crippen LogP contribution < -0.4 is 0 Å². The third-order valence-corrected chi connectivity index (χ3v) is 5.39. The molecule has 0 bridgehead atoms. The Hall–Kier alpha value is 0.0569. The molecule has 0 aliphatic carbocycles. The maximum absolute atomic E-state index is 6.01. The molecule has 0 aromatic rings. The highest BCUT2D eigenvalue weighted by Gasteiger charge is 2.46. The molecule has 0 aromatic carbocycles. The molecule has 0 unspecified atom stereocenters. The second-order valence-electron chi connectivity index (χ2n) is 4.58. The van der Waals surface area contributed by atoms with Gasteiger partial charge in [-0.1, -0.05) is 32.6 Å². The lowest BCUT2D eigenvalue weighted by Gasteiger charge is -2.29. The second kappa shape index (κ2) is 11.8. The predicted molar refractivity (Wildman–Crippen MR) is 79.9 cm³/mol. The zero-order valence-corrected chi connectivity index (χ0v) is 14.4. The van der Waals surface area contributed by atoms with Gasteiger partial charge >= 0.3 is 9.05 Å². The molecule has 0 N–H and O–H groups in total. The summed E-state index contributed by atoms with van der Waals surface area (Å²) in [6.45, 7) is 11.8. The Kier molecular flexibility index (Phi) is 11.9. The van der Waals surface area contributed by atoms with E-state index < -0.39 is 9.05 Å². The zero-order chi connectivity index (χ0) is 14.6. The largest absolute Gasteiger partial charge is 0.679 e. The highest BCUT2D eigenvalue weighted by Crippen LogP contribution is 2.18. The molecule has 0 saturated heterocycles. The van der Waals surface area contributed by atoms with Crippen molar-refractivity contribution in [1.29, 1.82) is 0 Å². The van der Waals surface area contributed by atoms with Crippen LogP contribution in [-0.2, 0) is 17.7 Å². The van der Waals surface area contributed by atoms with Crippen LogP contribution in [0.5, 0.6) is 0 Å². The summed E-state index contributed by atoms with van der Waals surface area (Å²) >= 11 is 0. The van der Waals surface area contributed by atoms with Crippen molar-refractivity contribution in [3.05, 3.63) is 0 Å². The van der Waals surface area contributed by atoms with Crippen molar-refractivity contribution in [2.45, 2.75) is 72.8 Å². The molecule has 0 radical (unpaired) electrons. The van der Waals surface area contributed by atoms with E-state index in [9.17, 15) is 0 Å². The van der Waals surface area contributed by atoms with Crippen LogP contribution >= 0.6 is 0 Å². The summed E-state index contributed by atoms with van der Waals surface area (Å²) in [5.41, 5.74) is 0. The van der Waals surface area contributed by atoms with Crippen molar-refractivity contribution in [1.82, 2.24) is 0 Å². The Morgan fingerprint density at radius 3 is 1.74 bits per heavy atom. The van der Waals surface area contributed by atoms with E-state index in [4.69, 9.17) is 17.7 Å². The van der Waals surface area contributed by atoms with Crippen molar-refractivity contribution in [2.24, 2.45) is 0 Å². The quantitative estimate of drug-likeness (QED) is 0.381. The zero-order valence-electron chi connectivity index (χ0n) is 13.4. The number of hydrogen-bond donors (Lipinski definition) is 0. The fourth-order valence-electron chi connectivity index (χ4n) is 1.92. The first kappa shape index (κ1) is 19.1. The van der Waals surface area contributed by atoms with Crippen LogP contribution in [0.15, 0.2) is 0 Å². The van der Waals surface area contributed by atoms with Crippen LogP contribution in [0.3, 0.4) is 0 Å². The molecule has 0 saturated carbocycles. The van der Waals surface area contributed by atoms with Gasteiger partial charge in [0, 0.05) is 25.9 Å². The first-order valence-corrected chi connectivity index (χ1v) is 9.37. The number of rotatable bonds is 13. The molecule has 1 atom stereocenters. The lowest BCUT2D eigenvalue weighted by atomic mass is 10.1. The average molecular weight is 292 g/mol. The standard InChI is InChI=1S/C14H32O4Si/c1-6-10-11-12-13-14(5)18-19(15-7-2,16-8-3)17-9-4/h14H,6-13H2,1-5H3/t14-/m1/s1. The molecule has 0 fully saturated rings. The van der Waals surface area contributed by atoms with Gasteiger partial charge in [0.15, 0.2) is 0 Å². The monoisotopic (exact) mass is 292 g/mol. The van der Waals surface area contributed by atoms with Gasteiger partial charge in [-0.15, -0.1) is 0 Å². The Morgan fingerprint density at radius 2 is 1.32 bits per heavy atom. The number of hydrogen-bond acceptors (Lipinski definition) is 4. The molecule has 0 rings (SSSR count). The van der Waals surface area contributed by atoms with Gasteiger partial charge in [0.1, 0.15) is 0 Å². The lowest BCUT2D eigenvalue weighted by molar-refractivity contribution is -0.0480. The van der Waals surface area contributed by atoms with Gasteiger partial charge in [-0.05, 0) is 34.1 Å². The molecule has 0 heterocycles. The second-order valence-corrected chi connectivity index (χ2v) is 6.68. The minimum absolute atomic E-state index is 0.119. The van der Waals surface area contributed by atoms with Gasteiger partial charge < -0.3 is 17.7 Å². The molecule has 0 aliphatic rings. The summed E-state index contributed by atoms with van der Waals surface area (Å²) in [5, 5.41) is 0. The van der Waals surface area contributed by atoms with E-state index in [1.807, 2.05) is 20.8 Å². The minimum Gasteiger partial charge on any atom is -0.351 e. The fourth-order valence-corrected chi connectivity index (χ4v) is 4.05. The van der Waals surface area contributed by atoms with E-state index in [0.717, 1.165) is 6.42 Å². The molecule has 0 aliphatic heterocycles. The van der Waals surface area contributed by atoms with E-state index in [1.54, 1.807) is 0 Å². The van der Waals surface area contributed by atoms with Gasteiger partial charge in [-0.3, -0.25) is 0 Å². The summed E-state index contributed by atoms with van der Waals surface area (Å²) in [7, 11) is -2.93. The van der Waals surface area contributed by atoms with Crippen molar-refractivity contribution in [3.63, 3.8) is 0 Å². The molecule has 0 spiro atoms. The molecule has 0 aromatic heterocycles. The summed E-state index contributed by atoms with van der Waals surface area (Å²) in [5.74, 6) is 0. The van der Waals surface area contributed by atoms with Gasteiger partial charge in [0.25, 0.3) is 0 Å². The van der Waals surface area contributed by atoms with Crippen LogP contribution in [0.4, 0.5) is 0 Å². The summed E-state index contributed by atoms with van der Waals surface area (Å²) in [6, 6.07) is 0. The molecule has 19 heavy (non-hydrogen) atoms. The third kappa shape index (κ3) is 8.76. The maximum Gasteiger partial charge on any atom is 0.679 e. The summed E-state index contributed by atoms with van der Waals surface area (Å²) < 4.78 is 23.1. The van der Waals surface area contributed by atoms with Crippen molar-refractivity contribution in [3.8, 4) is 0 Å². The van der Waals surface area contributed by atoms with E-state index in [2.05, 4.69) is 13.8 Å². The van der Waals surface area contributed by atoms with Crippen molar-refractivity contribution >= 4 is 9.05 Å². The Bertz CT molecular complexity index is 185. The number of unbranched alkanes of at least 4 members (excludes halogenated alkanes) is 3. The molecular formula is C14H32O4Si. The molecule has 4 nitrogen and oxygen atoms in total. The predicted octanol–water partition coefficient (Wildman–Crippen LogP) is 3.91. The molecule has 116 valence electrons. The van der Waals surface area contributed by atoms with Crippen molar-refractivity contribution in [2.75, 3.05) is 19.8 Å². The highest BCUT2D eigenvalue weighted by atomic mass is 28.4. The van der Waals surface area contributed by atoms with Gasteiger partial charge in [0.05, 0.1) is 0 Å². The normalized spacial score (nSPS) is 13.7. The van der Waals surface area contributed by atoms with Crippen LogP contribution in [0.25, 0.3) is 0 Å². The van der Waals surface area contributed by atoms with E-state index >= 15 is 0 Å². The third-order valence-electron chi connectivity index (χ3n) is 2.77. The minimum atomic E-state index is -2.93. The smallest absolute Gasteiger partial charge is 0.351 e. The first-order valence-electron chi connectivity index (χ1n) is 7.73. The van der Waals surface area contributed by atoms with Crippen LogP contribution in [0.1, 0.15) is 66.7 Å². The summed E-state index contributed by atoms with van der Waals surface area (Å²) in [4.78, 5) is 0. The Labute approximate surface area is 120 Å². The highest BCUT2D eigenvalue weighted by molar-refractivity contribution is 6.53. The average Bonchev–Trinajstić information content (AvgIpc) is 2.35. The molecule has 5 heteroatoms. The topological polar surface area (TPSA) is 36.9 Å². The lowest BCUT2D eigenvalue weighted by Crippen LogP contribution is -2.51. The molecular weight excluding hydrogens is 260 g/mol. The molecule has 0 amide bonds. The summed E-state index contributed by atoms with van der Waals surface area (Å²) in [6.07, 6.45) is 6.14. The van der Waals surface area contributed by atoms with E-state index in [-0.39, 0.29) is 6.10 Å². The van der Waals surface area contributed by atoms with Crippen LogP contribution in [0, 0.1) is 0 Å².